The molecule has 1 aromatic rings. The molecule has 0 aliphatic carbocycles. The SMILES string of the molecule is CC(C)C[C@@H](NC(=O)CNC(=O)c1cc(Cl)ccc1Cl)B1OC(=O)C[C@@](CC(=O)O)(C(=O)O)O1. The van der Waals surface area contributed by atoms with E-state index in [1.165, 1.54) is 18.2 Å². The lowest BCUT2D eigenvalue weighted by molar-refractivity contribution is -0.175. The second-order valence-corrected chi connectivity index (χ2v) is 8.98. The standard InChI is InChI=1S/C20H23BCl2N2O9/c1-10(2)5-14(21-33-17(29)8-20(34-21,19(31)32)7-16(27)28)25-15(26)9-24-18(30)12-6-11(22)3-4-13(12)23/h3-4,6,10,14H,5,7-9H2,1-2H3,(H,24,30)(H,25,26)(H,27,28)(H,31,32)/t14-,20+/m1/s1. The summed E-state index contributed by atoms with van der Waals surface area (Å²) in [7, 11) is -1.55. The highest BCUT2D eigenvalue weighted by Crippen LogP contribution is 2.30. The molecule has 2 atom stereocenters. The number of carbonyl (C=O) groups is 5. The molecule has 0 saturated carbocycles. The number of amides is 2. The zero-order chi connectivity index (χ0) is 25.6. The fourth-order valence-corrected chi connectivity index (χ4v) is 3.71. The lowest BCUT2D eigenvalue weighted by Gasteiger charge is -2.37. The van der Waals surface area contributed by atoms with Crippen LogP contribution in [0, 0.1) is 5.92 Å². The molecule has 184 valence electrons. The Morgan fingerprint density at radius 2 is 1.88 bits per heavy atom. The zero-order valence-electron chi connectivity index (χ0n) is 18.3. The molecular weight excluding hydrogens is 494 g/mol. The number of hydrogen-bond donors (Lipinski definition) is 4. The summed E-state index contributed by atoms with van der Waals surface area (Å²) in [6, 6.07) is 4.26. The van der Waals surface area contributed by atoms with E-state index in [4.69, 9.17) is 37.6 Å². The molecule has 34 heavy (non-hydrogen) atoms. The summed E-state index contributed by atoms with van der Waals surface area (Å²) in [6.07, 6.45) is -1.59. The fraction of sp³-hybridized carbons (Fsp3) is 0.450. The number of carboxylic acid groups (broad SMARTS) is 2. The maximum atomic E-state index is 12.5. The molecule has 1 heterocycles. The second-order valence-electron chi connectivity index (χ2n) is 8.13. The first-order valence-corrected chi connectivity index (χ1v) is 10.9. The Labute approximate surface area is 205 Å². The molecule has 11 nitrogen and oxygen atoms in total. The lowest BCUT2D eigenvalue weighted by Crippen LogP contribution is -2.61. The van der Waals surface area contributed by atoms with E-state index < -0.39 is 67.8 Å². The van der Waals surface area contributed by atoms with Crippen molar-refractivity contribution in [1.82, 2.24) is 10.6 Å². The van der Waals surface area contributed by atoms with Crippen molar-refractivity contribution in [1.29, 1.82) is 0 Å². The number of halogens is 2. The minimum absolute atomic E-state index is 0.0603. The summed E-state index contributed by atoms with van der Waals surface area (Å²) in [5.74, 6) is -6.54. The first-order chi connectivity index (χ1) is 15.8. The van der Waals surface area contributed by atoms with Gasteiger partial charge in [-0.05, 0) is 30.5 Å². The molecule has 2 rings (SSSR count). The van der Waals surface area contributed by atoms with Gasteiger partial charge in [0, 0.05) is 5.02 Å². The Hall–Kier alpha value is -2.83. The van der Waals surface area contributed by atoms with Gasteiger partial charge < -0.3 is 30.2 Å². The smallest absolute Gasteiger partial charge is 0.508 e. The summed E-state index contributed by atoms with van der Waals surface area (Å²) in [5.41, 5.74) is -2.28. The van der Waals surface area contributed by atoms with Gasteiger partial charge in [0.2, 0.25) is 5.91 Å². The van der Waals surface area contributed by atoms with Crippen LogP contribution in [0.2, 0.25) is 10.0 Å². The van der Waals surface area contributed by atoms with Crippen molar-refractivity contribution in [3.63, 3.8) is 0 Å². The van der Waals surface area contributed by atoms with Crippen LogP contribution in [0.4, 0.5) is 0 Å². The number of rotatable bonds is 10. The van der Waals surface area contributed by atoms with Crippen molar-refractivity contribution in [3.8, 4) is 0 Å². The minimum atomic E-state index is -2.34. The topological polar surface area (TPSA) is 168 Å². The summed E-state index contributed by atoms with van der Waals surface area (Å²) < 4.78 is 10.6. The Morgan fingerprint density at radius 3 is 2.47 bits per heavy atom. The van der Waals surface area contributed by atoms with Crippen molar-refractivity contribution in [2.45, 2.75) is 44.7 Å². The third kappa shape index (κ3) is 7.34. The van der Waals surface area contributed by atoms with Gasteiger partial charge in [0.15, 0.2) is 5.60 Å². The molecule has 14 heteroatoms. The largest absolute Gasteiger partial charge is 0.552 e. The maximum absolute atomic E-state index is 12.5. The molecule has 1 aromatic carbocycles. The van der Waals surface area contributed by atoms with Crippen LogP contribution in [-0.2, 0) is 28.5 Å². The van der Waals surface area contributed by atoms with Gasteiger partial charge in [-0.15, -0.1) is 0 Å². The Bertz CT molecular complexity index is 987. The van der Waals surface area contributed by atoms with Crippen LogP contribution in [-0.4, -0.2) is 65.1 Å². The minimum Gasteiger partial charge on any atom is -0.508 e. The number of hydrogen-bond acceptors (Lipinski definition) is 7. The van der Waals surface area contributed by atoms with Crippen molar-refractivity contribution in [2.24, 2.45) is 5.92 Å². The molecule has 0 bridgehead atoms. The van der Waals surface area contributed by atoms with Crippen LogP contribution in [0.15, 0.2) is 18.2 Å². The molecule has 0 unspecified atom stereocenters. The van der Waals surface area contributed by atoms with Crippen LogP contribution in [0.5, 0.6) is 0 Å². The van der Waals surface area contributed by atoms with Crippen molar-refractivity contribution >= 4 is 60.0 Å². The van der Waals surface area contributed by atoms with E-state index in [-0.39, 0.29) is 27.9 Å². The van der Waals surface area contributed by atoms with Crippen LogP contribution in [0.3, 0.4) is 0 Å². The van der Waals surface area contributed by atoms with Crippen LogP contribution >= 0.6 is 23.2 Å². The molecular formula is C20H23BCl2N2O9. The number of benzene rings is 1. The number of carbonyl (C=O) groups excluding carboxylic acids is 3. The van der Waals surface area contributed by atoms with Gasteiger partial charge in [-0.2, -0.15) is 0 Å². The summed E-state index contributed by atoms with van der Waals surface area (Å²) >= 11 is 11.8. The van der Waals surface area contributed by atoms with E-state index in [2.05, 4.69) is 10.6 Å². The fourth-order valence-electron chi connectivity index (χ4n) is 3.34. The van der Waals surface area contributed by atoms with Crippen molar-refractivity contribution in [2.75, 3.05) is 6.54 Å². The quantitative estimate of drug-likeness (QED) is 0.337. The van der Waals surface area contributed by atoms with E-state index in [0.717, 1.165) is 0 Å². The lowest BCUT2D eigenvalue weighted by atomic mass is 9.70. The number of aliphatic carboxylic acids is 2. The molecule has 1 aliphatic heterocycles. The summed E-state index contributed by atoms with van der Waals surface area (Å²) in [5, 5.41) is 24.0. The van der Waals surface area contributed by atoms with Gasteiger partial charge in [-0.25, -0.2) is 4.79 Å². The van der Waals surface area contributed by atoms with E-state index >= 15 is 0 Å². The maximum Gasteiger partial charge on any atom is 0.552 e. The van der Waals surface area contributed by atoms with Gasteiger partial charge in [0.25, 0.3) is 11.9 Å². The molecule has 4 N–H and O–H groups in total. The summed E-state index contributed by atoms with van der Waals surface area (Å²) in [4.78, 5) is 60.0. The normalized spacial score (nSPS) is 18.7. The van der Waals surface area contributed by atoms with Crippen molar-refractivity contribution in [3.05, 3.63) is 33.8 Å². The molecule has 1 fully saturated rings. The number of carboxylic acids is 2. The Kier molecular flexibility index (Phi) is 9.31. The first kappa shape index (κ1) is 27.4. The Morgan fingerprint density at radius 1 is 1.21 bits per heavy atom. The van der Waals surface area contributed by atoms with Crippen LogP contribution < -0.4 is 10.6 Å². The van der Waals surface area contributed by atoms with Gasteiger partial charge in [-0.1, -0.05) is 37.0 Å². The highest BCUT2D eigenvalue weighted by atomic mass is 35.5. The number of nitrogens with one attached hydrogen (secondary N) is 2. The van der Waals surface area contributed by atoms with E-state index in [0.29, 0.717) is 0 Å². The van der Waals surface area contributed by atoms with Gasteiger partial charge >= 0.3 is 19.1 Å². The monoisotopic (exact) mass is 516 g/mol. The summed E-state index contributed by atoms with van der Waals surface area (Å²) in [6.45, 7) is 3.11. The van der Waals surface area contributed by atoms with Gasteiger partial charge in [-0.3, -0.25) is 19.2 Å². The zero-order valence-corrected chi connectivity index (χ0v) is 19.8. The van der Waals surface area contributed by atoms with E-state index in [9.17, 15) is 29.1 Å². The first-order valence-electron chi connectivity index (χ1n) is 10.2. The molecule has 0 spiro atoms. The average molecular weight is 517 g/mol. The van der Waals surface area contributed by atoms with E-state index in [1.807, 2.05) is 0 Å². The molecule has 0 aromatic heterocycles. The third-order valence-corrected chi connectivity index (χ3v) is 5.39. The second kappa shape index (κ2) is 11.5. The molecule has 1 saturated heterocycles. The van der Waals surface area contributed by atoms with Crippen LogP contribution in [0.25, 0.3) is 0 Å². The van der Waals surface area contributed by atoms with Crippen LogP contribution in [0.1, 0.15) is 43.5 Å². The third-order valence-electron chi connectivity index (χ3n) is 4.83. The predicted molar refractivity (Wildman–Crippen MR) is 120 cm³/mol. The van der Waals surface area contributed by atoms with Gasteiger partial charge in [0.1, 0.15) is 0 Å². The molecule has 2 amide bonds. The molecule has 0 radical (unpaired) electrons. The molecule has 1 aliphatic rings. The Balaban J connectivity index is 2.13. The van der Waals surface area contributed by atoms with E-state index in [1.54, 1.807) is 13.8 Å². The highest BCUT2D eigenvalue weighted by Gasteiger charge is 2.54. The predicted octanol–water partition coefficient (Wildman–Crippen LogP) is 1.54. The highest BCUT2D eigenvalue weighted by molar-refractivity contribution is 6.50. The van der Waals surface area contributed by atoms with Crippen molar-refractivity contribution < 1.29 is 43.5 Å². The average Bonchev–Trinajstić information content (AvgIpc) is 2.71. The van der Waals surface area contributed by atoms with Gasteiger partial charge in [0.05, 0.1) is 35.9 Å².